The highest BCUT2D eigenvalue weighted by Crippen LogP contribution is 2.29. The molecule has 1 aliphatic rings. The summed E-state index contributed by atoms with van der Waals surface area (Å²) < 4.78 is 0. The van der Waals surface area contributed by atoms with E-state index in [0.29, 0.717) is 0 Å². The minimum Gasteiger partial charge on any atom is -0.356 e. The molecule has 0 aromatic carbocycles. The standard InChI is InChI=1S/C14H23N3/c1-10-7-11(2)9-17(8-10)14-13(12(3)15)5-4-6-16-14/h4-6,10-12H,7-9,15H2,1-3H3/t10?,11?,12-/m1/s1. The molecule has 2 N–H and O–H groups in total. The Kier molecular flexibility index (Phi) is 3.67. The second-order valence-corrected chi connectivity index (χ2v) is 5.56. The summed E-state index contributed by atoms with van der Waals surface area (Å²) in [5.41, 5.74) is 7.18. The molecule has 1 aliphatic heterocycles. The fourth-order valence-corrected chi connectivity index (χ4v) is 2.86. The van der Waals surface area contributed by atoms with Crippen molar-refractivity contribution in [1.29, 1.82) is 0 Å². The Labute approximate surface area is 104 Å². The van der Waals surface area contributed by atoms with Gasteiger partial charge in [-0.05, 0) is 31.2 Å². The van der Waals surface area contributed by atoms with E-state index >= 15 is 0 Å². The topological polar surface area (TPSA) is 42.2 Å². The number of anilines is 1. The van der Waals surface area contributed by atoms with E-state index in [2.05, 4.69) is 29.8 Å². The first kappa shape index (κ1) is 12.4. The minimum atomic E-state index is 0.0474. The molecule has 3 heteroatoms. The van der Waals surface area contributed by atoms with Crippen molar-refractivity contribution in [1.82, 2.24) is 4.98 Å². The Morgan fingerprint density at radius 3 is 2.59 bits per heavy atom. The molecule has 3 atom stereocenters. The maximum absolute atomic E-state index is 6.02. The van der Waals surface area contributed by atoms with Crippen LogP contribution in [0.4, 0.5) is 5.82 Å². The van der Waals surface area contributed by atoms with Crippen molar-refractivity contribution in [3.63, 3.8) is 0 Å². The zero-order chi connectivity index (χ0) is 12.4. The molecule has 0 radical (unpaired) electrons. The van der Waals surface area contributed by atoms with Crippen LogP contribution in [-0.2, 0) is 0 Å². The summed E-state index contributed by atoms with van der Waals surface area (Å²) in [5, 5.41) is 0. The number of hydrogen-bond acceptors (Lipinski definition) is 3. The van der Waals surface area contributed by atoms with Crippen LogP contribution in [0.3, 0.4) is 0 Å². The zero-order valence-electron chi connectivity index (χ0n) is 11.1. The van der Waals surface area contributed by atoms with E-state index in [-0.39, 0.29) is 6.04 Å². The number of nitrogens with two attached hydrogens (primary N) is 1. The van der Waals surface area contributed by atoms with E-state index in [1.807, 2.05) is 19.2 Å². The summed E-state index contributed by atoms with van der Waals surface area (Å²) in [6.07, 6.45) is 3.18. The van der Waals surface area contributed by atoms with Crippen LogP contribution < -0.4 is 10.6 Å². The lowest BCUT2D eigenvalue weighted by atomic mass is 9.91. The van der Waals surface area contributed by atoms with Gasteiger partial charge in [-0.2, -0.15) is 0 Å². The average Bonchev–Trinajstić information content (AvgIpc) is 2.27. The van der Waals surface area contributed by atoms with Gasteiger partial charge in [0, 0.05) is 30.9 Å². The van der Waals surface area contributed by atoms with Gasteiger partial charge in [-0.25, -0.2) is 4.98 Å². The molecule has 2 heterocycles. The fourth-order valence-electron chi connectivity index (χ4n) is 2.86. The molecule has 94 valence electrons. The second-order valence-electron chi connectivity index (χ2n) is 5.56. The van der Waals surface area contributed by atoms with Crippen molar-refractivity contribution in [3.05, 3.63) is 23.9 Å². The van der Waals surface area contributed by atoms with Crippen molar-refractivity contribution in [2.24, 2.45) is 17.6 Å². The fraction of sp³-hybridized carbons (Fsp3) is 0.643. The van der Waals surface area contributed by atoms with Gasteiger partial charge in [-0.3, -0.25) is 0 Å². The molecule has 0 aliphatic carbocycles. The van der Waals surface area contributed by atoms with E-state index in [1.165, 1.54) is 6.42 Å². The molecule has 1 aromatic rings. The molecule has 0 spiro atoms. The molecule has 0 bridgehead atoms. The van der Waals surface area contributed by atoms with E-state index in [0.717, 1.165) is 36.3 Å². The molecular formula is C14H23N3. The van der Waals surface area contributed by atoms with Crippen molar-refractivity contribution in [2.75, 3.05) is 18.0 Å². The third-order valence-corrected chi connectivity index (χ3v) is 3.48. The van der Waals surface area contributed by atoms with Gasteiger partial charge in [0.25, 0.3) is 0 Å². The smallest absolute Gasteiger partial charge is 0.133 e. The summed E-state index contributed by atoms with van der Waals surface area (Å²) in [6.45, 7) is 8.85. The zero-order valence-corrected chi connectivity index (χ0v) is 11.1. The lowest BCUT2D eigenvalue weighted by Crippen LogP contribution is -2.40. The van der Waals surface area contributed by atoms with Crippen LogP contribution >= 0.6 is 0 Å². The lowest BCUT2D eigenvalue weighted by Gasteiger charge is -2.37. The molecule has 0 saturated carbocycles. The van der Waals surface area contributed by atoms with Gasteiger partial charge in [-0.1, -0.05) is 19.9 Å². The first-order valence-electron chi connectivity index (χ1n) is 6.53. The molecule has 2 unspecified atom stereocenters. The minimum absolute atomic E-state index is 0.0474. The highest BCUT2D eigenvalue weighted by Gasteiger charge is 2.24. The number of aromatic nitrogens is 1. The summed E-state index contributed by atoms with van der Waals surface area (Å²) >= 11 is 0. The van der Waals surface area contributed by atoms with E-state index < -0.39 is 0 Å². The number of rotatable bonds is 2. The molecule has 2 rings (SSSR count). The predicted molar refractivity (Wildman–Crippen MR) is 72.0 cm³/mol. The second kappa shape index (κ2) is 5.05. The third kappa shape index (κ3) is 2.78. The largest absolute Gasteiger partial charge is 0.356 e. The van der Waals surface area contributed by atoms with Gasteiger partial charge >= 0.3 is 0 Å². The van der Waals surface area contributed by atoms with Crippen LogP contribution in [0.2, 0.25) is 0 Å². The third-order valence-electron chi connectivity index (χ3n) is 3.48. The van der Waals surface area contributed by atoms with E-state index in [4.69, 9.17) is 5.73 Å². The molecule has 3 nitrogen and oxygen atoms in total. The summed E-state index contributed by atoms with van der Waals surface area (Å²) in [7, 11) is 0. The molecule has 0 amide bonds. The van der Waals surface area contributed by atoms with Gasteiger partial charge in [0.2, 0.25) is 0 Å². The van der Waals surface area contributed by atoms with Crippen LogP contribution in [0, 0.1) is 11.8 Å². The Balaban J connectivity index is 2.27. The van der Waals surface area contributed by atoms with Crippen LogP contribution in [0.15, 0.2) is 18.3 Å². The van der Waals surface area contributed by atoms with Gasteiger partial charge in [0.1, 0.15) is 5.82 Å². The number of hydrogen-bond donors (Lipinski definition) is 1. The van der Waals surface area contributed by atoms with Gasteiger partial charge in [0.15, 0.2) is 0 Å². The maximum Gasteiger partial charge on any atom is 0.133 e. The Morgan fingerprint density at radius 1 is 1.35 bits per heavy atom. The number of nitrogens with zero attached hydrogens (tertiary/aromatic N) is 2. The van der Waals surface area contributed by atoms with Crippen LogP contribution in [0.1, 0.15) is 38.8 Å². The van der Waals surface area contributed by atoms with Crippen LogP contribution in [-0.4, -0.2) is 18.1 Å². The summed E-state index contributed by atoms with van der Waals surface area (Å²) in [5.74, 6) is 2.56. The quantitative estimate of drug-likeness (QED) is 0.853. The van der Waals surface area contributed by atoms with Crippen molar-refractivity contribution in [2.45, 2.75) is 33.2 Å². The number of piperidine rings is 1. The van der Waals surface area contributed by atoms with Gasteiger partial charge in [-0.15, -0.1) is 0 Å². The molecule has 1 fully saturated rings. The van der Waals surface area contributed by atoms with Crippen LogP contribution in [0.25, 0.3) is 0 Å². The SMILES string of the molecule is CC1CC(C)CN(c2ncccc2[C@@H](C)N)C1. The number of pyridine rings is 1. The van der Waals surface area contributed by atoms with Crippen molar-refractivity contribution in [3.8, 4) is 0 Å². The molecule has 1 aromatic heterocycles. The van der Waals surface area contributed by atoms with Gasteiger partial charge < -0.3 is 10.6 Å². The first-order valence-corrected chi connectivity index (χ1v) is 6.53. The highest BCUT2D eigenvalue weighted by atomic mass is 15.2. The molecule has 1 saturated heterocycles. The molecule has 17 heavy (non-hydrogen) atoms. The Bertz CT molecular complexity index is 365. The van der Waals surface area contributed by atoms with E-state index in [1.54, 1.807) is 0 Å². The average molecular weight is 233 g/mol. The predicted octanol–water partition coefficient (Wildman–Crippen LogP) is 2.58. The Hall–Kier alpha value is -1.09. The monoisotopic (exact) mass is 233 g/mol. The first-order chi connectivity index (χ1) is 8.08. The molecular weight excluding hydrogens is 210 g/mol. The normalized spacial score (nSPS) is 26.9. The van der Waals surface area contributed by atoms with Crippen molar-refractivity contribution < 1.29 is 0 Å². The lowest BCUT2D eigenvalue weighted by molar-refractivity contribution is 0.354. The van der Waals surface area contributed by atoms with Crippen molar-refractivity contribution >= 4 is 5.82 Å². The van der Waals surface area contributed by atoms with Crippen LogP contribution in [0.5, 0.6) is 0 Å². The van der Waals surface area contributed by atoms with Gasteiger partial charge in [0.05, 0.1) is 0 Å². The maximum atomic E-state index is 6.02. The highest BCUT2D eigenvalue weighted by molar-refractivity contribution is 5.48. The summed E-state index contributed by atoms with van der Waals surface area (Å²) in [4.78, 5) is 6.94. The summed E-state index contributed by atoms with van der Waals surface area (Å²) in [6, 6.07) is 4.11. The Morgan fingerprint density at radius 2 is 2.00 bits per heavy atom. The van der Waals surface area contributed by atoms with E-state index in [9.17, 15) is 0 Å².